The van der Waals surface area contributed by atoms with Crippen LogP contribution in [0.2, 0.25) is 0 Å². The van der Waals surface area contributed by atoms with Crippen molar-refractivity contribution in [2.24, 2.45) is 5.73 Å². The first-order valence-electron chi connectivity index (χ1n) is 9.63. The van der Waals surface area contributed by atoms with E-state index >= 15 is 0 Å². The van der Waals surface area contributed by atoms with Crippen molar-refractivity contribution in [3.8, 4) is 38.4 Å². The topological polar surface area (TPSA) is 135 Å². The first-order valence-corrected chi connectivity index (χ1v) is 11.3. The van der Waals surface area contributed by atoms with Crippen LogP contribution in [-0.4, -0.2) is 37.2 Å². The molecule has 5 N–H and O–H groups in total. The van der Waals surface area contributed by atoms with Gasteiger partial charge in [-0.05, 0) is 12.1 Å². The summed E-state index contributed by atoms with van der Waals surface area (Å²) in [4.78, 5) is 21.3. The van der Waals surface area contributed by atoms with E-state index in [2.05, 4.69) is 15.3 Å². The third-order valence-electron chi connectivity index (χ3n) is 4.71. The largest absolute Gasteiger partial charge is 0.493 e. The van der Waals surface area contributed by atoms with Crippen molar-refractivity contribution < 1.29 is 19.0 Å². The van der Waals surface area contributed by atoms with Gasteiger partial charge in [-0.2, -0.15) is 0 Å². The molecule has 11 heteroatoms. The minimum Gasteiger partial charge on any atom is -0.493 e. The summed E-state index contributed by atoms with van der Waals surface area (Å²) in [6.07, 6.45) is 0. The molecule has 0 aliphatic heterocycles. The smallest absolute Gasteiger partial charge is 0.248 e. The molecule has 0 radical (unpaired) electrons. The molecular weight excluding hydrogens is 462 g/mol. The Morgan fingerprint density at radius 1 is 1.03 bits per heavy atom. The molecule has 33 heavy (non-hydrogen) atoms. The van der Waals surface area contributed by atoms with Crippen LogP contribution in [-0.2, 0) is 0 Å². The lowest BCUT2D eigenvalue weighted by Gasteiger charge is -2.14. The highest BCUT2D eigenvalue weighted by molar-refractivity contribution is 7.23. The van der Waals surface area contributed by atoms with Gasteiger partial charge in [-0.3, -0.25) is 4.79 Å². The Morgan fingerprint density at radius 3 is 2.39 bits per heavy atom. The maximum Gasteiger partial charge on any atom is 0.248 e. The lowest BCUT2D eigenvalue weighted by Crippen LogP contribution is -2.10. The zero-order valence-electron chi connectivity index (χ0n) is 18.0. The highest BCUT2D eigenvalue weighted by Crippen LogP contribution is 2.43. The molecule has 0 saturated carbocycles. The molecule has 0 fully saturated rings. The number of carbonyl (C=O) groups is 1. The first-order chi connectivity index (χ1) is 15.9. The Labute approximate surface area is 198 Å². The van der Waals surface area contributed by atoms with Gasteiger partial charge in [0, 0.05) is 34.3 Å². The molecule has 9 nitrogen and oxygen atoms in total. The molecule has 2 aromatic heterocycles. The SMILES string of the molecule is COc1cc(Nc2nc(N)c(-c3nc(-c4cccc(C(N)=O)c4)cs3)s2)cc(OC)c1OC. The van der Waals surface area contributed by atoms with Crippen molar-refractivity contribution in [3.05, 3.63) is 47.3 Å². The normalized spacial score (nSPS) is 10.6. The van der Waals surface area contributed by atoms with Gasteiger partial charge in [0.1, 0.15) is 15.7 Å². The van der Waals surface area contributed by atoms with Gasteiger partial charge < -0.3 is 31.0 Å². The lowest BCUT2D eigenvalue weighted by atomic mass is 10.1. The number of thiazole rings is 2. The fourth-order valence-corrected chi connectivity index (χ4v) is 4.99. The molecule has 4 aromatic rings. The Bertz CT molecular complexity index is 1290. The van der Waals surface area contributed by atoms with Crippen LogP contribution in [0.4, 0.5) is 16.6 Å². The third-order valence-corrected chi connectivity index (χ3v) is 6.69. The number of hydrogen-bond donors (Lipinski definition) is 3. The van der Waals surface area contributed by atoms with Gasteiger partial charge >= 0.3 is 0 Å². The number of nitrogens with one attached hydrogen (secondary N) is 1. The number of nitrogens with zero attached hydrogens (tertiary/aromatic N) is 2. The first kappa shape index (κ1) is 22.4. The number of benzene rings is 2. The van der Waals surface area contributed by atoms with Crippen molar-refractivity contribution in [1.82, 2.24) is 9.97 Å². The van der Waals surface area contributed by atoms with E-state index in [1.54, 1.807) is 51.7 Å². The van der Waals surface area contributed by atoms with E-state index in [0.29, 0.717) is 39.4 Å². The Balaban J connectivity index is 1.62. The van der Waals surface area contributed by atoms with Crippen molar-refractivity contribution in [2.45, 2.75) is 0 Å². The van der Waals surface area contributed by atoms with Crippen LogP contribution >= 0.6 is 22.7 Å². The number of amides is 1. The molecule has 2 aromatic carbocycles. The van der Waals surface area contributed by atoms with Gasteiger partial charge in [0.25, 0.3) is 0 Å². The van der Waals surface area contributed by atoms with Gasteiger partial charge in [0.05, 0.1) is 27.0 Å². The second-order valence-corrected chi connectivity index (χ2v) is 8.61. The van der Waals surface area contributed by atoms with E-state index < -0.39 is 5.91 Å². The molecule has 0 aliphatic rings. The summed E-state index contributed by atoms with van der Waals surface area (Å²) in [6.45, 7) is 0. The minimum absolute atomic E-state index is 0.363. The molecule has 170 valence electrons. The quantitative estimate of drug-likeness (QED) is 0.336. The van der Waals surface area contributed by atoms with Gasteiger partial charge in [0.2, 0.25) is 11.7 Å². The number of rotatable bonds is 8. The minimum atomic E-state index is -0.485. The highest BCUT2D eigenvalue weighted by Gasteiger charge is 2.18. The number of ether oxygens (including phenoxy) is 3. The number of anilines is 3. The fraction of sp³-hybridized carbons (Fsp3) is 0.136. The van der Waals surface area contributed by atoms with E-state index in [1.807, 2.05) is 11.4 Å². The maximum atomic E-state index is 11.5. The molecular formula is C22H21N5O4S2. The van der Waals surface area contributed by atoms with Crippen molar-refractivity contribution >= 4 is 45.2 Å². The molecule has 0 aliphatic carbocycles. The number of nitrogen functional groups attached to an aromatic ring is 1. The Kier molecular flexibility index (Phi) is 6.33. The molecule has 0 unspecified atom stereocenters. The predicted molar refractivity (Wildman–Crippen MR) is 131 cm³/mol. The molecule has 0 bridgehead atoms. The summed E-state index contributed by atoms with van der Waals surface area (Å²) in [5.74, 6) is 1.42. The van der Waals surface area contributed by atoms with Crippen LogP contribution < -0.4 is 31.0 Å². The second kappa shape index (κ2) is 9.35. The number of aromatic nitrogens is 2. The summed E-state index contributed by atoms with van der Waals surface area (Å²) in [6, 6.07) is 10.6. The summed E-state index contributed by atoms with van der Waals surface area (Å²) >= 11 is 2.82. The van der Waals surface area contributed by atoms with Crippen LogP contribution in [0.1, 0.15) is 10.4 Å². The summed E-state index contributed by atoms with van der Waals surface area (Å²) in [7, 11) is 4.66. The number of primary amides is 1. The zero-order chi connectivity index (χ0) is 23.5. The highest BCUT2D eigenvalue weighted by atomic mass is 32.1. The second-order valence-electron chi connectivity index (χ2n) is 6.76. The van der Waals surface area contributed by atoms with Crippen molar-refractivity contribution in [3.63, 3.8) is 0 Å². The predicted octanol–water partition coefficient (Wildman–Crippen LogP) is 4.38. The summed E-state index contributed by atoms with van der Waals surface area (Å²) < 4.78 is 16.2. The van der Waals surface area contributed by atoms with E-state index in [1.165, 1.54) is 22.7 Å². The van der Waals surface area contributed by atoms with Gasteiger partial charge in [-0.1, -0.05) is 23.5 Å². The fourth-order valence-electron chi connectivity index (χ4n) is 3.16. The van der Waals surface area contributed by atoms with Crippen LogP contribution in [0.15, 0.2) is 41.8 Å². The Morgan fingerprint density at radius 2 is 1.76 bits per heavy atom. The number of nitrogens with two attached hydrogens (primary N) is 2. The van der Waals surface area contributed by atoms with Crippen molar-refractivity contribution in [1.29, 1.82) is 0 Å². The molecule has 0 saturated heterocycles. The van der Waals surface area contributed by atoms with Crippen LogP contribution in [0.3, 0.4) is 0 Å². The van der Waals surface area contributed by atoms with Gasteiger partial charge in [0.15, 0.2) is 16.6 Å². The molecule has 0 spiro atoms. The lowest BCUT2D eigenvalue weighted by molar-refractivity contribution is 0.100. The zero-order valence-corrected chi connectivity index (χ0v) is 19.7. The van der Waals surface area contributed by atoms with Crippen molar-refractivity contribution in [2.75, 3.05) is 32.4 Å². The number of hydrogen-bond acceptors (Lipinski definition) is 10. The van der Waals surface area contributed by atoms with E-state index in [9.17, 15) is 4.79 Å². The molecule has 1 amide bonds. The maximum absolute atomic E-state index is 11.5. The standard InChI is InChI=1S/C22H21N5O4S2/c1-29-15-8-13(9-16(30-2)17(15)31-3)25-22-27-19(23)18(33-22)21-26-14(10-32-21)11-5-4-6-12(7-11)20(24)28/h4-10H,23H2,1-3H3,(H2,24,28)(H,25,27). The van der Waals surface area contributed by atoms with Crippen LogP contribution in [0.25, 0.3) is 21.1 Å². The molecule has 0 atom stereocenters. The summed E-state index contributed by atoms with van der Waals surface area (Å²) in [5.41, 5.74) is 14.2. The number of methoxy groups -OCH3 is 3. The van der Waals surface area contributed by atoms with E-state index in [-0.39, 0.29) is 0 Å². The van der Waals surface area contributed by atoms with E-state index in [0.717, 1.165) is 21.1 Å². The van der Waals surface area contributed by atoms with Crippen LogP contribution in [0.5, 0.6) is 17.2 Å². The van der Waals surface area contributed by atoms with Gasteiger partial charge in [-0.15, -0.1) is 11.3 Å². The Hall–Kier alpha value is -3.83. The monoisotopic (exact) mass is 483 g/mol. The third kappa shape index (κ3) is 4.54. The molecule has 4 rings (SSSR count). The van der Waals surface area contributed by atoms with Crippen LogP contribution in [0, 0.1) is 0 Å². The average molecular weight is 484 g/mol. The molecule has 2 heterocycles. The van der Waals surface area contributed by atoms with E-state index in [4.69, 9.17) is 25.7 Å². The number of carbonyl (C=O) groups excluding carboxylic acids is 1. The summed E-state index contributed by atoms with van der Waals surface area (Å²) in [5, 5.41) is 6.45. The average Bonchev–Trinajstić information content (AvgIpc) is 3.45. The van der Waals surface area contributed by atoms with Gasteiger partial charge in [-0.25, -0.2) is 9.97 Å².